The van der Waals surface area contributed by atoms with Gasteiger partial charge in [-0.3, -0.25) is 4.79 Å². The van der Waals surface area contributed by atoms with Crippen molar-refractivity contribution in [2.24, 2.45) is 11.7 Å². The number of rotatable bonds is 5. The largest absolute Gasteiger partial charge is 0.352 e. The van der Waals surface area contributed by atoms with Crippen LogP contribution in [-0.2, 0) is 9.84 Å². The van der Waals surface area contributed by atoms with E-state index in [1.807, 2.05) is 6.92 Å². The molecule has 1 aromatic rings. The molecule has 1 amide bonds. The van der Waals surface area contributed by atoms with Crippen LogP contribution in [0, 0.1) is 12.8 Å². The second-order valence-corrected chi connectivity index (χ2v) is 6.82. The van der Waals surface area contributed by atoms with Crippen LogP contribution in [0.4, 0.5) is 0 Å². The van der Waals surface area contributed by atoms with Crippen molar-refractivity contribution >= 4 is 28.2 Å². The molecule has 0 heterocycles. The fourth-order valence-corrected chi connectivity index (χ4v) is 2.17. The highest BCUT2D eigenvalue weighted by Gasteiger charge is 2.14. The van der Waals surface area contributed by atoms with E-state index in [-0.39, 0.29) is 29.1 Å². The fraction of sp³-hybridized carbons (Fsp3) is 0.462. The van der Waals surface area contributed by atoms with Crippen molar-refractivity contribution in [1.82, 2.24) is 5.32 Å². The molecule has 0 bridgehead atoms. The topological polar surface area (TPSA) is 89.3 Å². The fourth-order valence-electron chi connectivity index (χ4n) is 1.52. The summed E-state index contributed by atoms with van der Waals surface area (Å²) in [5.74, 6) is -0.0920. The van der Waals surface area contributed by atoms with Gasteiger partial charge >= 0.3 is 0 Å². The van der Waals surface area contributed by atoms with E-state index in [0.29, 0.717) is 18.7 Å². The van der Waals surface area contributed by atoms with Crippen LogP contribution in [0.15, 0.2) is 23.1 Å². The molecule has 1 aromatic carbocycles. The SMILES string of the molecule is Cc1ccc(S(C)(=O)=O)cc1C(=O)NCC(C)CN.Cl. The standard InChI is InChI=1S/C13H20N2O3S.ClH/c1-9(7-14)8-15-13(16)12-6-11(19(3,17)18)5-4-10(12)2;/h4-6,9H,7-8,14H2,1-3H3,(H,15,16);1H. The molecular weight excluding hydrogens is 300 g/mol. The third kappa shape index (κ3) is 5.11. The quantitative estimate of drug-likeness (QED) is 0.851. The minimum absolute atomic E-state index is 0. The van der Waals surface area contributed by atoms with Crippen molar-refractivity contribution in [1.29, 1.82) is 0 Å². The molecule has 0 fully saturated rings. The van der Waals surface area contributed by atoms with Crippen LogP contribution >= 0.6 is 12.4 Å². The van der Waals surface area contributed by atoms with Crippen LogP contribution in [0.25, 0.3) is 0 Å². The van der Waals surface area contributed by atoms with Gasteiger partial charge in [0.2, 0.25) is 0 Å². The highest BCUT2D eigenvalue weighted by molar-refractivity contribution is 7.90. The van der Waals surface area contributed by atoms with Gasteiger partial charge in [-0.15, -0.1) is 12.4 Å². The zero-order chi connectivity index (χ0) is 14.6. The zero-order valence-electron chi connectivity index (χ0n) is 11.8. The van der Waals surface area contributed by atoms with Crippen LogP contribution in [0.3, 0.4) is 0 Å². The van der Waals surface area contributed by atoms with E-state index in [2.05, 4.69) is 5.32 Å². The lowest BCUT2D eigenvalue weighted by Gasteiger charge is -2.12. The van der Waals surface area contributed by atoms with Gasteiger partial charge in [0.15, 0.2) is 9.84 Å². The number of halogens is 1. The molecule has 0 spiro atoms. The van der Waals surface area contributed by atoms with Gasteiger partial charge in [-0.1, -0.05) is 13.0 Å². The minimum Gasteiger partial charge on any atom is -0.352 e. The molecule has 7 heteroatoms. The first kappa shape index (κ1) is 18.9. The number of nitrogens with one attached hydrogen (secondary N) is 1. The summed E-state index contributed by atoms with van der Waals surface area (Å²) in [6.45, 7) is 4.66. The Morgan fingerprint density at radius 1 is 1.40 bits per heavy atom. The van der Waals surface area contributed by atoms with Gasteiger partial charge in [0, 0.05) is 18.4 Å². The Labute approximate surface area is 126 Å². The van der Waals surface area contributed by atoms with Crippen LogP contribution in [0.5, 0.6) is 0 Å². The Balaban J connectivity index is 0.00000361. The lowest BCUT2D eigenvalue weighted by atomic mass is 10.1. The minimum atomic E-state index is -3.31. The molecule has 1 rings (SSSR count). The lowest BCUT2D eigenvalue weighted by Crippen LogP contribution is -2.31. The number of nitrogens with two attached hydrogens (primary N) is 1. The molecule has 0 radical (unpaired) electrons. The van der Waals surface area contributed by atoms with Crippen molar-refractivity contribution < 1.29 is 13.2 Å². The van der Waals surface area contributed by atoms with Gasteiger partial charge in [-0.05, 0) is 37.1 Å². The van der Waals surface area contributed by atoms with E-state index >= 15 is 0 Å². The maximum absolute atomic E-state index is 12.0. The smallest absolute Gasteiger partial charge is 0.251 e. The van der Waals surface area contributed by atoms with E-state index in [1.165, 1.54) is 12.1 Å². The Hall–Kier alpha value is -1.11. The first-order valence-corrected chi connectivity index (χ1v) is 7.93. The van der Waals surface area contributed by atoms with Crippen LogP contribution in [0.2, 0.25) is 0 Å². The van der Waals surface area contributed by atoms with Crippen LogP contribution in [-0.4, -0.2) is 33.7 Å². The molecule has 0 aromatic heterocycles. The second-order valence-electron chi connectivity index (χ2n) is 4.80. The zero-order valence-corrected chi connectivity index (χ0v) is 13.5. The highest BCUT2D eigenvalue weighted by atomic mass is 35.5. The van der Waals surface area contributed by atoms with Crippen molar-refractivity contribution in [2.75, 3.05) is 19.3 Å². The Kier molecular flexibility index (Phi) is 7.19. The van der Waals surface area contributed by atoms with E-state index in [1.54, 1.807) is 13.0 Å². The average Bonchev–Trinajstić information content (AvgIpc) is 2.34. The summed E-state index contributed by atoms with van der Waals surface area (Å²) < 4.78 is 23.0. The van der Waals surface area contributed by atoms with Crippen molar-refractivity contribution in [3.05, 3.63) is 29.3 Å². The summed E-state index contributed by atoms with van der Waals surface area (Å²) in [5, 5.41) is 2.76. The van der Waals surface area contributed by atoms with E-state index in [0.717, 1.165) is 11.8 Å². The second kappa shape index (κ2) is 7.61. The summed E-state index contributed by atoms with van der Waals surface area (Å²) in [5.41, 5.74) is 6.60. The Morgan fingerprint density at radius 2 is 2.00 bits per heavy atom. The molecule has 5 nitrogen and oxygen atoms in total. The number of benzene rings is 1. The predicted molar refractivity (Wildman–Crippen MR) is 82.1 cm³/mol. The number of sulfone groups is 1. The molecule has 0 aliphatic carbocycles. The lowest BCUT2D eigenvalue weighted by molar-refractivity contribution is 0.0947. The molecule has 20 heavy (non-hydrogen) atoms. The number of aryl methyl sites for hydroxylation is 1. The van der Waals surface area contributed by atoms with E-state index in [4.69, 9.17) is 5.73 Å². The van der Waals surface area contributed by atoms with Gasteiger partial charge < -0.3 is 11.1 Å². The molecule has 0 aliphatic rings. The highest BCUT2D eigenvalue weighted by Crippen LogP contribution is 2.15. The van der Waals surface area contributed by atoms with Gasteiger partial charge in [0.05, 0.1) is 4.90 Å². The first-order valence-electron chi connectivity index (χ1n) is 6.04. The summed E-state index contributed by atoms with van der Waals surface area (Å²) >= 11 is 0. The number of hydrogen-bond acceptors (Lipinski definition) is 4. The average molecular weight is 321 g/mol. The van der Waals surface area contributed by atoms with Crippen LogP contribution < -0.4 is 11.1 Å². The van der Waals surface area contributed by atoms with Gasteiger partial charge in [0.1, 0.15) is 0 Å². The number of hydrogen-bond donors (Lipinski definition) is 2. The van der Waals surface area contributed by atoms with Gasteiger partial charge in [-0.2, -0.15) is 0 Å². The Morgan fingerprint density at radius 3 is 2.50 bits per heavy atom. The maximum Gasteiger partial charge on any atom is 0.251 e. The summed E-state index contributed by atoms with van der Waals surface area (Å²) in [6.07, 6.45) is 1.12. The molecular formula is C13H21ClN2O3S. The summed E-state index contributed by atoms with van der Waals surface area (Å²) in [6, 6.07) is 4.55. The van der Waals surface area contributed by atoms with E-state index < -0.39 is 9.84 Å². The first-order chi connectivity index (χ1) is 8.75. The Bertz CT molecular complexity index is 573. The third-order valence-corrected chi connectivity index (χ3v) is 4.01. The van der Waals surface area contributed by atoms with Gasteiger partial charge in [-0.25, -0.2) is 8.42 Å². The maximum atomic E-state index is 12.0. The molecule has 1 unspecified atom stereocenters. The number of carbonyl (C=O) groups is 1. The third-order valence-electron chi connectivity index (χ3n) is 2.90. The molecule has 114 valence electrons. The molecule has 0 aliphatic heterocycles. The molecule has 0 saturated heterocycles. The molecule has 3 N–H and O–H groups in total. The summed E-state index contributed by atoms with van der Waals surface area (Å²) in [7, 11) is -3.31. The van der Waals surface area contributed by atoms with Crippen LogP contribution in [0.1, 0.15) is 22.8 Å². The van der Waals surface area contributed by atoms with Crippen molar-refractivity contribution in [3.63, 3.8) is 0 Å². The number of amides is 1. The van der Waals surface area contributed by atoms with Gasteiger partial charge in [0.25, 0.3) is 5.91 Å². The van der Waals surface area contributed by atoms with Crippen molar-refractivity contribution in [3.8, 4) is 0 Å². The predicted octanol–water partition coefficient (Wildman–Crippen LogP) is 1.14. The normalized spacial score (nSPS) is 12.4. The monoisotopic (exact) mass is 320 g/mol. The molecule has 0 saturated carbocycles. The van der Waals surface area contributed by atoms with Crippen molar-refractivity contribution in [2.45, 2.75) is 18.7 Å². The van der Waals surface area contributed by atoms with E-state index in [9.17, 15) is 13.2 Å². The number of carbonyl (C=O) groups excluding carboxylic acids is 1. The summed E-state index contributed by atoms with van der Waals surface area (Å²) in [4.78, 5) is 12.2. The molecule has 1 atom stereocenters.